The zero-order chi connectivity index (χ0) is 50.9. The van der Waals surface area contributed by atoms with Crippen LogP contribution < -0.4 is 30.7 Å². The number of ketones is 2. The van der Waals surface area contributed by atoms with Gasteiger partial charge in [-0.15, -0.1) is 0 Å². The molecule has 70 heavy (non-hydrogen) atoms. The number of amides is 2. The van der Waals surface area contributed by atoms with Gasteiger partial charge in [-0.2, -0.15) is 10.5 Å². The largest absolute Gasteiger partial charge is 0.497 e. The number of carbonyl (C=O) groups excluding carboxylic acids is 4. The molecule has 8 atom stereocenters. The highest BCUT2D eigenvalue weighted by atomic mass is 16.5. The first-order chi connectivity index (χ1) is 33.4. The number of aliphatic hydroxyl groups excluding tert-OH is 2. The van der Waals surface area contributed by atoms with E-state index in [-0.39, 0.29) is 49.6 Å². The number of nitrogens with one attached hydrogen (secondary N) is 4. The van der Waals surface area contributed by atoms with Crippen LogP contribution in [0.3, 0.4) is 0 Å². The van der Waals surface area contributed by atoms with Gasteiger partial charge >= 0.3 is 0 Å². The van der Waals surface area contributed by atoms with Gasteiger partial charge < -0.3 is 50.4 Å². The first-order valence-corrected chi connectivity index (χ1v) is 23.3. The summed E-state index contributed by atoms with van der Waals surface area (Å²) in [4.78, 5) is 55.6. The van der Waals surface area contributed by atoms with Crippen LogP contribution in [0.25, 0.3) is 0 Å². The number of nitrogens with zero attached hydrogens (tertiary/aromatic N) is 2. The molecule has 6 N–H and O–H groups in total. The molecule has 0 aliphatic heterocycles. The summed E-state index contributed by atoms with van der Waals surface area (Å²) in [5, 5.41) is 55.8. The minimum absolute atomic E-state index is 0.00542. The molecular weight excluding hydrogens is 893 g/mol. The highest BCUT2D eigenvalue weighted by molar-refractivity contribution is 6.03. The topological polar surface area (TPSA) is 241 Å². The van der Waals surface area contributed by atoms with Crippen LogP contribution in [-0.2, 0) is 31.9 Å². The SMILES string of the molecule is COc1ccc2c(c1)[C@@H](NC[C@H](O)[C@H](Cc1cccc(C#N)c1)NC(=O)C(OC)C(OC)C(=O)N[C@@H](Cc1cccc(C#N)c1)[C@@H](O)CN[C@@H]1CC(C)(C)C(=O)c3ccc(OC)cc31)CC(C)(C)C2=O. The Kier molecular flexibility index (Phi) is 17.3. The first-order valence-electron chi connectivity index (χ1n) is 23.3. The third-order valence-corrected chi connectivity index (χ3v) is 13.5. The average Bonchev–Trinajstić information content (AvgIpc) is 3.35. The summed E-state index contributed by atoms with van der Waals surface area (Å²) in [5.74, 6) is -0.432. The van der Waals surface area contributed by atoms with E-state index in [0.29, 0.717) is 57.7 Å². The minimum Gasteiger partial charge on any atom is -0.497 e. The number of ether oxygens (including phenoxy) is 4. The zero-order valence-electron chi connectivity index (χ0n) is 41.0. The van der Waals surface area contributed by atoms with Crippen LogP contribution in [0.4, 0.5) is 0 Å². The Morgan fingerprint density at radius 1 is 0.629 bits per heavy atom. The Balaban J connectivity index is 1.22. The average molecular weight is 957 g/mol. The summed E-state index contributed by atoms with van der Waals surface area (Å²) < 4.78 is 22.3. The number of rotatable bonds is 21. The van der Waals surface area contributed by atoms with Gasteiger partial charge in [0.15, 0.2) is 23.8 Å². The van der Waals surface area contributed by atoms with E-state index in [9.17, 15) is 39.9 Å². The highest BCUT2D eigenvalue weighted by Gasteiger charge is 2.42. The highest BCUT2D eigenvalue weighted by Crippen LogP contribution is 2.43. The molecule has 2 aliphatic rings. The second-order valence-corrected chi connectivity index (χ2v) is 19.4. The predicted octanol–water partition coefficient (Wildman–Crippen LogP) is 4.84. The Morgan fingerprint density at radius 3 is 1.36 bits per heavy atom. The molecule has 4 aromatic carbocycles. The maximum absolute atomic E-state index is 14.4. The normalized spacial score (nSPS) is 19.4. The molecule has 370 valence electrons. The Labute approximate surface area is 409 Å². The summed E-state index contributed by atoms with van der Waals surface area (Å²) in [6.45, 7) is 7.42. The van der Waals surface area contributed by atoms with Crippen LogP contribution in [0.2, 0.25) is 0 Å². The second kappa shape index (κ2) is 22.9. The number of hydrogen-bond acceptors (Lipinski definition) is 14. The molecule has 0 bridgehead atoms. The van der Waals surface area contributed by atoms with Gasteiger partial charge in [-0.25, -0.2) is 0 Å². The van der Waals surface area contributed by atoms with Crippen molar-refractivity contribution in [3.8, 4) is 23.6 Å². The van der Waals surface area contributed by atoms with E-state index in [2.05, 4.69) is 33.4 Å². The summed E-state index contributed by atoms with van der Waals surface area (Å²) in [6, 6.07) is 25.7. The van der Waals surface area contributed by atoms with Gasteiger partial charge in [0, 0.05) is 61.3 Å². The van der Waals surface area contributed by atoms with Crippen LogP contribution in [-0.4, -0.2) is 112 Å². The Morgan fingerprint density at radius 2 is 1.01 bits per heavy atom. The van der Waals surface area contributed by atoms with E-state index in [1.807, 2.05) is 27.7 Å². The maximum atomic E-state index is 14.4. The molecule has 0 saturated carbocycles. The number of nitriles is 2. The van der Waals surface area contributed by atoms with Crippen molar-refractivity contribution in [1.29, 1.82) is 10.5 Å². The van der Waals surface area contributed by atoms with E-state index in [4.69, 9.17) is 18.9 Å². The smallest absolute Gasteiger partial charge is 0.252 e. The number of carbonyl (C=O) groups is 4. The molecule has 0 spiro atoms. The quantitative estimate of drug-likeness (QED) is 0.0656. The summed E-state index contributed by atoms with van der Waals surface area (Å²) in [7, 11) is 5.58. The van der Waals surface area contributed by atoms with Gasteiger partial charge in [0.25, 0.3) is 11.8 Å². The van der Waals surface area contributed by atoms with E-state index in [1.165, 1.54) is 14.2 Å². The van der Waals surface area contributed by atoms with Crippen molar-refractivity contribution in [3.63, 3.8) is 0 Å². The van der Waals surface area contributed by atoms with Crippen LogP contribution in [0, 0.1) is 33.5 Å². The van der Waals surface area contributed by atoms with E-state index >= 15 is 0 Å². The summed E-state index contributed by atoms with van der Waals surface area (Å²) >= 11 is 0. The van der Waals surface area contributed by atoms with Gasteiger partial charge in [-0.1, -0.05) is 52.0 Å². The number of methoxy groups -OCH3 is 4. The summed E-state index contributed by atoms with van der Waals surface area (Å²) in [5.41, 5.74) is 3.19. The molecule has 0 radical (unpaired) electrons. The van der Waals surface area contributed by atoms with Crippen LogP contribution in [0.15, 0.2) is 84.9 Å². The van der Waals surface area contributed by atoms with Crippen LogP contribution in [0.5, 0.6) is 11.5 Å². The lowest BCUT2D eigenvalue weighted by molar-refractivity contribution is -0.153. The van der Waals surface area contributed by atoms with Gasteiger partial charge in [0.1, 0.15) is 11.5 Å². The van der Waals surface area contributed by atoms with Gasteiger partial charge in [-0.3, -0.25) is 19.2 Å². The van der Waals surface area contributed by atoms with Crippen molar-refractivity contribution in [3.05, 3.63) is 129 Å². The fraction of sp³-hybridized carbons (Fsp3) is 0.444. The van der Waals surface area contributed by atoms with Gasteiger partial charge in [0.05, 0.1) is 61.8 Å². The molecule has 16 heteroatoms. The van der Waals surface area contributed by atoms with E-state index in [1.54, 1.807) is 99.1 Å². The van der Waals surface area contributed by atoms with Crippen LogP contribution >= 0.6 is 0 Å². The molecule has 16 nitrogen and oxygen atoms in total. The third-order valence-electron chi connectivity index (χ3n) is 13.5. The first kappa shape index (κ1) is 52.9. The summed E-state index contributed by atoms with van der Waals surface area (Å²) in [6.07, 6.45) is -4.60. The molecule has 0 aromatic heterocycles. The lowest BCUT2D eigenvalue weighted by Crippen LogP contribution is -2.59. The van der Waals surface area contributed by atoms with Crippen molar-refractivity contribution < 1.29 is 48.3 Å². The molecule has 6 rings (SSSR count). The van der Waals surface area contributed by atoms with Crippen molar-refractivity contribution in [2.75, 3.05) is 41.5 Å². The minimum atomic E-state index is -1.56. The zero-order valence-corrected chi connectivity index (χ0v) is 41.0. The molecule has 0 heterocycles. The van der Waals surface area contributed by atoms with Crippen molar-refractivity contribution in [1.82, 2.24) is 21.3 Å². The molecule has 2 unspecified atom stereocenters. The van der Waals surface area contributed by atoms with E-state index in [0.717, 1.165) is 11.1 Å². The maximum Gasteiger partial charge on any atom is 0.252 e. The number of benzene rings is 4. The molecule has 2 amide bonds. The lowest BCUT2D eigenvalue weighted by Gasteiger charge is -2.37. The van der Waals surface area contributed by atoms with Crippen molar-refractivity contribution >= 4 is 23.4 Å². The fourth-order valence-electron chi connectivity index (χ4n) is 9.53. The Bertz CT molecular complexity index is 2460. The molecule has 4 aromatic rings. The van der Waals surface area contributed by atoms with Gasteiger partial charge in [0.2, 0.25) is 0 Å². The number of fused-ring (bicyclic) bond motifs is 2. The molecule has 0 fully saturated rings. The standard InChI is InChI=1S/C54H64N6O10/c1-53(2)25-43(39-23-35(67-5)15-17-37(39)49(53)63)57-29-45(61)41(21-31-11-9-13-33(19-31)27-55)59-51(65)47(69-7)48(70-8)52(66)60-42(22-32-12-10-14-34(20-32)28-56)46(62)30-58-44-26-54(3,4)50(64)38-18-16-36(68-6)24-40(38)44/h9-20,23-24,41-48,57-58,61-62H,21-22,25-26,29-30H2,1-8H3,(H,59,65)(H,60,66)/t41-,42-,43-,44+,45-,46-,47?,48?/m0/s1. The van der Waals surface area contributed by atoms with E-state index < -0.39 is 59.1 Å². The number of aliphatic hydroxyl groups is 2. The predicted molar refractivity (Wildman–Crippen MR) is 260 cm³/mol. The van der Waals surface area contributed by atoms with Crippen LogP contribution in [0.1, 0.15) is 107 Å². The number of hydrogen-bond donors (Lipinski definition) is 6. The molecule has 2 aliphatic carbocycles. The van der Waals surface area contributed by atoms with Gasteiger partial charge in [-0.05, 0) is 109 Å². The number of Topliss-reactive ketones (excluding diaryl/α,β-unsaturated/α-hetero) is 2. The molecule has 0 saturated heterocycles. The Hall–Kier alpha value is -6.50. The third kappa shape index (κ3) is 12.3. The lowest BCUT2D eigenvalue weighted by atomic mass is 9.71. The monoisotopic (exact) mass is 956 g/mol. The van der Waals surface area contributed by atoms with Crippen molar-refractivity contribution in [2.45, 2.75) is 102 Å². The fourth-order valence-corrected chi connectivity index (χ4v) is 9.53. The molecular formula is C54H64N6O10. The van der Waals surface area contributed by atoms with Crippen molar-refractivity contribution in [2.24, 2.45) is 10.8 Å². The second-order valence-electron chi connectivity index (χ2n) is 19.4.